The topological polar surface area (TPSA) is 108 Å². The summed E-state index contributed by atoms with van der Waals surface area (Å²) in [5, 5.41) is 20.8. The second kappa shape index (κ2) is 4.57. The maximum Gasteiger partial charge on any atom is 0.325 e. The lowest BCUT2D eigenvalue weighted by Crippen LogP contribution is -2.55. The highest BCUT2D eigenvalue weighted by molar-refractivity contribution is 5.77. The van der Waals surface area contributed by atoms with Gasteiger partial charge in [0.2, 0.25) is 0 Å². The van der Waals surface area contributed by atoms with Gasteiger partial charge in [-0.3, -0.25) is 4.90 Å². The Balaban J connectivity index is 2.13. The molecule has 0 saturated carbocycles. The number of amides is 2. The fraction of sp³-hybridized carbons (Fsp3) is 0.667. The maximum absolute atomic E-state index is 13.4. The largest absolute Gasteiger partial charge is 0.394 e. The molecule has 0 spiro atoms. The van der Waals surface area contributed by atoms with Crippen LogP contribution in [0.15, 0.2) is 12.3 Å². The van der Waals surface area contributed by atoms with E-state index < -0.39 is 43.4 Å². The van der Waals surface area contributed by atoms with Crippen LogP contribution in [0.1, 0.15) is 0 Å². The van der Waals surface area contributed by atoms with Crippen LogP contribution in [0.5, 0.6) is 0 Å². The number of aliphatic hydroxyl groups excluding tert-OH is 2. The summed E-state index contributed by atoms with van der Waals surface area (Å²) in [4.78, 5) is 12.6. The van der Waals surface area contributed by atoms with E-state index in [2.05, 4.69) is 5.32 Å². The molecular weight excluding hydrogens is 233 g/mol. The number of nitrogens with two attached hydrogens (primary N) is 1. The third-order valence-electron chi connectivity index (χ3n) is 2.72. The van der Waals surface area contributed by atoms with Crippen LogP contribution in [0.25, 0.3) is 0 Å². The zero-order valence-corrected chi connectivity index (χ0v) is 8.86. The molecule has 2 aliphatic heterocycles. The molecular formula is C9H14FN3O4. The lowest BCUT2D eigenvalue weighted by Gasteiger charge is -2.31. The Morgan fingerprint density at radius 3 is 2.88 bits per heavy atom. The number of carbonyl (C=O) groups is 1. The first-order valence-electron chi connectivity index (χ1n) is 5.16. The Labute approximate surface area is 96.6 Å². The molecule has 96 valence electrons. The first-order chi connectivity index (χ1) is 8.04. The number of hydrogen-bond acceptors (Lipinski definition) is 5. The summed E-state index contributed by atoms with van der Waals surface area (Å²) in [6.07, 6.45) is -3.36. The van der Waals surface area contributed by atoms with Gasteiger partial charge in [0.05, 0.1) is 12.8 Å². The van der Waals surface area contributed by atoms with E-state index in [-0.39, 0.29) is 0 Å². The standard InChI is InChI=1S/C9H14FN3O4/c10-6-4(3-14)17-8(7(6)15)13-2-1-5(11)12-9(13)16/h1-2,4-8,14-15H,3,11H2,(H,12,16)/t4-,5?,6+,7?,8-/m1/s1. The lowest BCUT2D eigenvalue weighted by molar-refractivity contribution is -0.0654. The fourth-order valence-electron chi connectivity index (χ4n) is 1.80. The molecule has 2 aliphatic rings. The molecule has 2 unspecified atom stereocenters. The minimum atomic E-state index is -1.73. The van der Waals surface area contributed by atoms with Crippen LogP contribution in [0, 0.1) is 0 Å². The Kier molecular flexibility index (Phi) is 3.29. The average Bonchev–Trinajstić information content (AvgIpc) is 2.57. The minimum Gasteiger partial charge on any atom is -0.394 e. The molecule has 0 aliphatic carbocycles. The van der Waals surface area contributed by atoms with Crippen LogP contribution in [-0.4, -0.2) is 58.5 Å². The molecule has 1 fully saturated rings. The monoisotopic (exact) mass is 247 g/mol. The van der Waals surface area contributed by atoms with Crippen molar-refractivity contribution in [2.75, 3.05) is 6.61 Å². The Morgan fingerprint density at radius 2 is 2.35 bits per heavy atom. The molecule has 0 radical (unpaired) electrons. The van der Waals surface area contributed by atoms with Gasteiger partial charge in [-0.25, -0.2) is 9.18 Å². The van der Waals surface area contributed by atoms with Gasteiger partial charge in [0.25, 0.3) is 0 Å². The van der Waals surface area contributed by atoms with Crippen LogP contribution >= 0.6 is 0 Å². The zero-order chi connectivity index (χ0) is 12.6. The van der Waals surface area contributed by atoms with Gasteiger partial charge in [-0.05, 0) is 6.08 Å². The van der Waals surface area contributed by atoms with Crippen LogP contribution in [0.2, 0.25) is 0 Å². The minimum absolute atomic E-state index is 0.562. The molecule has 17 heavy (non-hydrogen) atoms. The molecule has 0 bridgehead atoms. The van der Waals surface area contributed by atoms with Crippen molar-refractivity contribution in [3.8, 4) is 0 Å². The molecule has 5 N–H and O–H groups in total. The Hall–Kier alpha value is -1.22. The quantitative estimate of drug-likeness (QED) is 0.461. The van der Waals surface area contributed by atoms with Crippen molar-refractivity contribution in [2.45, 2.75) is 30.8 Å². The van der Waals surface area contributed by atoms with Gasteiger partial charge in [-0.2, -0.15) is 0 Å². The van der Waals surface area contributed by atoms with Gasteiger partial charge in [0, 0.05) is 6.20 Å². The van der Waals surface area contributed by atoms with Gasteiger partial charge < -0.3 is 26.0 Å². The maximum atomic E-state index is 13.4. The predicted molar refractivity (Wildman–Crippen MR) is 54.1 cm³/mol. The van der Waals surface area contributed by atoms with E-state index in [1.807, 2.05) is 0 Å². The summed E-state index contributed by atoms with van der Waals surface area (Å²) in [7, 11) is 0. The smallest absolute Gasteiger partial charge is 0.325 e. The highest BCUT2D eigenvalue weighted by Gasteiger charge is 2.47. The summed E-state index contributed by atoms with van der Waals surface area (Å²) in [5.41, 5.74) is 5.44. The summed E-state index contributed by atoms with van der Waals surface area (Å²) in [5.74, 6) is 0. The second-order valence-electron chi connectivity index (χ2n) is 3.91. The van der Waals surface area contributed by atoms with Crippen LogP contribution in [-0.2, 0) is 4.74 Å². The van der Waals surface area contributed by atoms with Crippen LogP contribution < -0.4 is 11.1 Å². The number of carbonyl (C=O) groups excluding carboxylic acids is 1. The van der Waals surface area contributed by atoms with Crippen molar-refractivity contribution in [2.24, 2.45) is 5.73 Å². The number of aliphatic hydroxyl groups is 2. The molecule has 0 aromatic heterocycles. The Morgan fingerprint density at radius 1 is 1.65 bits per heavy atom. The SMILES string of the molecule is NC1C=CN([C@@H]2O[C@H](CO)[C@H](F)C2O)C(=O)N1. The number of hydrogen-bond donors (Lipinski definition) is 4. The second-order valence-corrected chi connectivity index (χ2v) is 3.91. The van der Waals surface area contributed by atoms with Crippen molar-refractivity contribution < 1.29 is 24.1 Å². The predicted octanol–water partition coefficient (Wildman–Crippen LogP) is -1.77. The number of halogens is 1. The summed E-state index contributed by atoms with van der Waals surface area (Å²) >= 11 is 0. The van der Waals surface area contributed by atoms with E-state index in [1.54, 1.807) is 0 Å². The normalized spacial score (nSPS) is 41.8. The molecule has 1 saturated heterocycles. The third-order valence-corrected chi connectivity index (χ3v) is 2.72. The first kappa shape index (κ1) is 12.2. The zero-order valence-electron chi connectivity index (χ0n) is 8.86. The number of nitrogens with zero attached hydrogens (tertiary/aromatic N) is 1. The number of ether oxygens (including phenoxy) is 1. The first-order valence-corrected chi connectivity index (χ1v) is 5.16. The van der Waals surface area contributed by atoms with Crippen molar-refractivity contribution >= 4 is 6.03 Å². The van der Waals surface area contributed by atoms with E-state index in [1.165, 1.54) is 12.3 Å². The van der Waals surface area contributed by atoms with Gasteiger partial charge in [-0.1, -0.05) is 0 Å². The molecule has 2 rings (SSSR count). The molecule has 8 heteroatoms. The Bertz CT molecular complexity index is 340. The van der Waals surface area contributed by atoms with E-state index >= 15 is 0 Å². The molecule has 2 amide bonds. The third kappa shape index (κ3) is 2.12. The fourth-order valence-corrected chi connectivity index (χ4v) is 1.80. The number of urea groups is 1. The number of nitrogens with one attached hydrogen (secondary N) is 1. The van der Waals surface area contributed by atoms with E-state index in [0.29, 0.717) is 0 Å². The van der Waals surface area contributed by atoms with Crippen molar-refractivity contribution in [3.63, 3.8) is 0 Å². The lowest BCUT2D eigenvalue weighted by atomic mass is 10.1. The van der Waals surface area contributed by atoms with Gasteiger partial charge >= 0.3 is 6.03 Å². The van der Waals surface area contributed by atoms with Crippen LogP contribution in [0.3, 0.4) is 0 Å². The molecule has 5 atom stereocenters. The highest BCUT2D eigenvalue weighted by Crippen LogP contribution is 2.27. The highest BCUT2D eigenvalue weighted by atomic mass is 19.1. The van der Waals surface area contributed by atoms with Gasteiger partial charge in [0.15, 0.2) is 12.4 Å². The number of rotatable bonds is 2. The molecule has 0 aromatic carbocycles. The van der Waals surface area contributed by atoms with Crippen molar-refractivity contribution in [1.82, 2.24) is 10.2 Å². The van der Waals surface area contributed by atoms with Gasteiger partial charge in [0.1, 0.15) is 12.2 Å². The molecule has 2 heterocycles. The molecule has 7 nitrogen and oxygen atoms in total. The number of alkyl halides is 1. The van der Waals surface area contributed by atoms with Crippen molar-refractivity contribution in [3.05, 3.63) is 12.3 Å². The summed E-state index contributed by atoms with van der Waals surface area (Å²) in [6.45, 7) is -0.562. The van der Waals surface area contributed by atoms with Crippen LogP contribution in [0.4, 0.5) is 9.18 Å². The van der Waals surface area contributed by atoms with Crippen molar-refractivity contribution in [1.29, 1.82) is 0 Å². The van der Waals surface area contributed by atoms with E-state index in [9.17, 15) is 14.3 Å². The summed E-state index contributed by atoms with van der Waals surface area (Å²) < 4.78 is 18.5. The molecule has 0 aromatic rings. The average molecular weight is 247 g/mol. The van der Waals surface area contributed by atoms with E-state index in [4.69, 9.17) is 15.6 Å². The summed E-state index contributed by atoms with van der Waals surface area (Å²) in [6, 6.07) is -0.588. The van der Waals surface area contributed by atoms with E-state index in [0.717, 1.165) is 4.90 Å². The van der Waals surface area contributed by atoms with Gasteiger partial charge in [-0.15, -0.1) is 0 Å².